The van der Waals surface area contributed by atoms with Crippen LogP contribution >= 0.6 is 27.7 Å². The van der Waals surface area contributed by atoms with Crippen LogP contribution in [0.25, 0.3) is 0 Å². The van der Waals surface area contributed by atoms with E-state index in [1.54, 1.807) is 6.07 Å². The number of hydrogen-bond donors (Lipinski definition) is 2. The SMILES string of the molecule is CSC1CCC(Nc2cc(F)c(Br)cc2N)C1. The van der Waals surface area contributed by atoms with Crippen molar-refractivity contribution in [2.24, 2.45) is 0 Å². The molecule has 5 heteroatoms. The van der Waals surface area contributed by atoms with Gasteiger partial charge in [-0.15, -0.1) is 0 Å². The van der Waals surface area contributed by atoms with Crippen LogP contribution < -0.4 is 11.1 Å². The summed E-state index contributed by atoms with van der Waals surface area (Å²) in [5.41, 5.74) is 7.17. The Labute approximate surface area is 114 Å². The fourth-order valence-electron chi connectivity index (χ4n) is 2.19. The molecule has 2 atom stereocenters. The Morgan fingerprint density at radius 3 is 2.88 bits per heavy atom. The van der Waals surface area contributed by atoms with Crippen molar-refractivity contribution in [3.05, 3.63) is 22.4 Å². The first-order valence-electron chi connectivity index (χ1n) is 5.64. The molecule has 1 aromatic carbocycles. The standard InChI is InChI=1S/C12H16BrFN2S/c1-17-8-3-2-7(4-8)16-12-6-10(14)9(13)5-11(12)15/h5-8,16H,2-4,15H2,1H3. The van der Waals surface area contributed by atoms with Gasteiger partial charge in [-0.3, -0.25) is 0 Å². The van der Waals surface area contributed by atoms with Crippen LogP contribution in [0.2, 0.25) is 0 Å². The summed E-state index contributed by atoms with van der Waals surface area (Å²) in [6.07, 6.45) is 5.61. The maximum atomic E-state index is 13.4. The van der Waals surface area contributed by atoms with Crippen molar-refractivity contribution in [2.75, 3.05) is 17.3 Å². The number of nitrogens with one attached hydrogen (secondary N) is 1. The summed E-state index contributed by atoms with van der Waals surface area (Å²) in [6, 6.07) is 3.49. The van der Waals surface area contributed by atoms with E-state index in [2.05, 4.69) is 27.5 Å². The second kappa shape index (κ2) is 5.48. The van der Waals surface area contributed by atoms with Crippen molar-refractivity contribution < 1.29 is 4.39 Å². The topological polar surface area (TPSA) is 38.0 Å². The smallest absolute Gasteiger partial charge is 0.139 e. The molecule has 0 amide bonds. The first kappa shape index (κ1) is 13.0. The molecule has 2 unspecified atom stereocenters. The van der Waals surface area contributed by atoms with Crippen molar-refractivity contribution in [1.82, 2.24) is 0 Å². The number of rotatable bonds is 3. The fourth-order valence-corrected chi connectivity index (χ4v) is 3.35. The Bertz CT molecular complexity index is 414. The molecule has 3 N–H and O–H groups in total. The molecule has 0 spiro atoms. The molecule has 1 saturated carbocycles. The number of nitrogen functional groups attached to an aromatic ring is 1. The Balaban J connectivity index is 2.06. The van der Waals surface area contributed by atoms with Crippen LogP contribution in [-0.2, 0) is 0 Å². The predicted octanol–water partition coefficient (Wildman–Crippen LogP) is 3.87. The number of thioether (sulfide) groups is 1. The van der Waals surface area contributed by atoms with E-state index in [-0.39, 0.29) is 5.82 Å². The van der Waals surface area contributed by atoms with E-state index >= 15 is 0 Å². The fraction of sp³-hybridized carbons (Fsp3) is 0.500. The summed E-state index contributed by atoms with van der Waals surface area (Å²) < 4.78 is 13.8. The van der Waals surface area contributed by atoms with Crippen LogP contribution in [-0.4, -0.2) is 17.5 Å². The van der Waals surface area contributed by atoms with E-state index in [1.807, 2.05) is 11.8 Å². The second-order valence-electron chi connectivity index (χ2n) is 4.37. The van der Waals surface area contributed by atoms with Gasteiger partial charge in [0.05, 0.1) is 15.8 Å². The van der Waals surface area contributed by atoms with E-state index < -0.39 is 0 Å². The summed E-state index contributed by atoms with van der Waals surface area (Å²) in [5, 5.41) is 4.06. The summed E-state index contributed by atoms with van der Waals surface area (Å²) >= 11 is 5.03. The molecule has 0 heterocycles. The second-order valence-corrected chi connectivity index (χ2v) is 6.36. The molecule has 17 heavy (non-hydrogen) atoms. The number of nitrogens with two attached hydrogens (primary N) is 1. The average molecular weight is 319 g/mol. The number of hydrogen-bond acceptors (Lipinski definition) is 3. The minimum atomic E-state index is -0.277. The van der Waals surface area contributed by atoms with Crippen LogP contribution in [0.15, 0.2) is 16.6 Å². The van der Waals surface area contributed by atoms with Gasteiger partial charge in [0.15, 0.2) is 0 Å². The molecule has 94 valence electrons. The molecule has 2 nitrogen and oxygen atoms in total. The predicted molar refractivity (Wildman–Crippen MR) is 77.1 cm³/mol. The molecule has 0 saturated heterocycles. The highest BCUT2D eigenvalue weighted by Gasteiger charge is 2.24. The van der Waals surface area contributed by atoms with E-state index in [9.17, 15) is 4.39 Å². The van der Waals surface area contributed by atoms with Gasteiger partial charge in [0.1, 0.15) is 5.82 Å². The monoisotopic (exact) mass is 318 g/mol. The van der Waals surface area contributed by atoms with E-state index in [0.29, 0.717) is 27.1 Å². The molecular formula is C12H16BrFN2S. The highest BCUT2D eigenvalue weighted by Crippen LogP contribution is 2.33. The van der Waals surface area contributed by atoms with Gasteiger partial charge in [0.2, 0.25) is 0 Å². The van der Waals surface area contributed by atoms with Gasteiger partial charge in [0, 0.05) is 17.4 Å². The molecule has 0 aliphatic heterocycles. The highest BCUT2D eigenvalue weighted by molar-refractivity contribution is 9.10. The summed E-state index contributed by atoms with van der Waals surface area (Å²) in [5.74, 6) is -0.277. The number of anilines is 2. The van der Waals surface area contributed by atoms with Crippen LogP contribution in [0.4, 0.5) is 15.8 Å². The summed E-state index contributed by atoms with van der Waals surface area (Å²) in [6.45, 7) is 0. The lowest BCUT2D eigenvalue weighted by Gasteiger charge is -2.16. The molecule has 0 radical (unpaired) electrons. The molecule has 2 rings (SSSR count). The van der Waals surface area contributed by atoms with Crippen molar-refractivity contribution in [3.63, 3.8) is 0 Å². The zero-order valence-electron chi connectivity index (χ0n) is 9.67. The summed E-state index contributed by atoms with van der Waals surface area (Å²) in [7, 11) is 0. The Morgan fingerprint density at radius 2 is 2.24 bits per heavy atom. The van der Waals surface area contributed by atoms with Crippen molar-refractivity contribution in [3.8, 4) is 0 Å². The minimum Gasteiger partial charge on any atom is -0.397 e. The lowest BCUT2D eigenvalue weighted by Crippen LogP contribution is -2.17. The zero-order valence-corrected chi connectivity index (χ0v) is 12.1. The van der Waals surface area contributed by atoms with Crippen molar-refractivity contribution in [2.45, 2.75) is 30.6 Å². The maximum Gasteiger partial charge on any atom is 0.139 e. The van der Waals surface area contributed by atoms with Crippen LogP contribution in [0, 0.1) is 5.82 Å². The number of halogens is 2. The summed E-state index contributed by atoms with van der Waals surface area (Å²) in [4.78, 5) is 0. The largest absolute Gasteiger partial charge is 0.397 e. The quantitative estimate of drug-likeness (QED) is 0.831. The van der Waals surface area contributed by atoms with E-state index in [4.69, 9.17) is 5.73 Å². The first-order valence-corrected chi connectivity index (χ1v) is 7.72. The van der Waals surface area contributed by atoms with Gasteiger partial charge in [0.25, 0.3) is 0 Å². The lowest BCUT2D eigenvalue weighted by atomic mass is 10.2. The zero-order chi connectivity index (χ0) is 12.4. The Kier molecular flexibility index (Phi) is 4.20. The van der Waals surface area contributed by atoms with Gasteiger partial charge in [-0.25, -0.2) is 4.39 Å². The van der Waals surface area contributed by atoms with Gasteiger partial charge in [-0.05, 0) is 47.5 Å². The molecule has 0 bridgehead atoms. The number of benzene rings is 1. The van der Waals surface area contributed by atoms with Crippen LogP contribution in [0.1, 0.15) is 19.3 Å². The van der Waals surface area contributed by atoms with Crippen molar-refractivity contribution >= 4 is 39.1 Å². The van der Waals surface area contributed by atoms with Crippen LogP contribution in [0.3, 0.4) is 0 Å². The van der Waals surface area contributed by atoms with Gasteiger partial charge in [-0.1, -0.05) is 0 Å². The third kappa shape index (κ3) is 3.07. The molecule has 1 aromatic rings. The van der Waals surface area contributed by atoms with Gasteiger partial charge >= 0.3 is 0 Å². The molecule has 1 fully saturated rings. The molecular weight excluding hydrogens is 303 g/mol. The van der Waals surface area contributed by atoms with E-state index in [0.717, 1.165) is 12.8 Å². The maximum absolute atomic E-state index is 13.4. The lowest BCUT2D eigenvalue weighted by molar-refractivity contribution is 0.621. The Hall–Kier alpha value is -0.420. The third-order valence-electron chi connectivity index (χ3n) is 3.17. The minimum absolute atomic E-state index is 0.277. The normalized spacial score (nSPS) is 23.9. The molecule has 0 aromatic heterocycles. The molecule has 1 aliphatic rings. The van der Waals surface area contributed by atoms with Gasteiger partial charge < -0.3 is 11.1 Å². The highest BCUT2D eigenvalue weighted by atomic mass is 79.9. The van der Waals surface area contributed by atoms with Crippen LogP contribution in [0.5, 0.6) is 0 Å². The molecule has 1 aliphatic carbocycles. The first-order chi connectivity index (χ1) is 8.10. The third-order valence-corrected chi connectivity index (χ3v) is 4.87. The van der Waals surface area contributed by atoms with Crippen molar-refractivity contribution in [1.29, 1.82) is 0 Å². The van der Waals surface area contributed by atoms with E-state index in [1.165, 1.54) is 12.5 Å². The Morgan fingerprint density at radius 1 is 1.47 bits per heavy atom. The van der Waals surface area contributed by atoms with Gasteiger partial charge in [-0.2, -0.15) is 11.8 Å². The average Bonchev–Trinajstić information content (AvgIpc) is 2.73.